The van der Waals surface area contributed by atoms with Gasteiger partial charge in [-0.15, -0.1) is 0 Å². The van der Waals surface area contributed by atoms with E-state index in [1.807, 2.05) is 0 Å². The molecular formula is C48H56N2O5. The van der Waals surface area contributed by atoms with Gasteiger partial charge in [-0.25, -0.2) is 0 Å². The fraction of sp³-hybridized carbons (Fsp3) is 0.604. The predicted octanol–water partition coefficient (Wildman–Crippen LogP) is 7.09. The van der Waals surface area contributed by atoms with E-state index in [9.17, 15) is 4.79 Å². The van der Waals surface area contributed by atoms with Crippen molar-refractivity contribution in [1.82, 2.24) is 9.80 Å². The Morgan fingerprint density at radius 2 is 1.53 bits per heavy atom. The third kappa shape index (κ3) is 4.06. The number of benzene rings is 2. The number of piperidine rings is 2. The molecule has 9 atom stereocenters. The molecule has 2 saturated heterocycles. The molecule has 8 aliphatic carbocycles. The Hall–Kier alpha value is -3.39. The molecule has 2 aromatic carbocycles. The molecule has 5 fully saturated rings. The standard InChI is InChI=1S/C26H31NO3.C22H25NO2/c1-15-4-7-18-12-20-24-8-9-26(29-3,19(13-24)16(2)28)23-25(24,21(18)22(15)30-23)10-11-27(20)14-17-5-6-17;1-13-3-6-15-11-17-16-7-8-18(24-2)21-22(16,19(15)20(13)25-21)9-10-23(17)12-14-4-5-14/h4,7-9,17,19-20,23H,5-6,10-14H2,1-3H3;3,6-8,14,17,21H,4-5,9-12H2,1-2H3/t19-,20-,23-,24-,25+,26-;17-,21+,22+/m11/s1. The molecule has 4 aliphatic heterocycles. The average molecular weight is 741 g/mol. The number of Topliss-reactive ketones (excluding diaryl/α,β-unsaturated/α-hetero) is 1. The van der Waals surface area contributed by atoms with Crippen molar-refractivity contribution in [2.45, 2.75) is 119 Å². The minimum Gasteiger partial charge on any atom is -0.497 e. The van der Waals surface area contributed by atoms with Crippen molar-refractivity contribution < 1.29 is 23.7 Å². The number of aryl methyl sites for hydroxylation is 2. The molecule has 0 amide bonds. The number of likely N-dealkylation sites (tertiary alicyclic amines) is 2. The van der Waals surface area contributed by atoms with Gasteiger partial charge in [0.25, 0.3) is 0 Å². The largest absolute Gasteiger partial charge is 0.497 e. The van der Waals surface area contributed by atoms with Crippen LogP contribution in [-0.2, 0) is 37.9 Å². The second kappa shape index (κ2) is 11.2. The maximum Gasteiger partial charge on any atom is 0.169 e. The van der Waals surface area contributed by atoms with Crippen molar-refractivity contribution >= 4 is 5.78 Å². The van der Waals surface area contributed by atoms with E-state index in [1.54, 1.807) is 26.7 Å². The van der Waals surface area contributed by atoms with Gasteiger partial charge < -0.3 is 18.9 Å². The zero-order valence-corrected chi connectivity index (χ0v) is 33.3. The number of methoxy groups -OCH3 is 2. The normalized spacial score (nSPS) is 40.2. The number of rotatable bonds is 7. The van der Waals surface area contributed by atoms with Gasteiger partial charge in [-0.3, -0.25) is 14.6 Å². The number of nitrogens with zero attached hydrogens (tertiary/aromatic N) is 2. The fourth-order valence-electron chi connectivity index (χ4n) is 14.2. The molecule has 0 N–H and O–H groups in total. The summed E-state index contributed by atoms with van der Waals surface area (Å²) in [6, 6.07) is 10.2. The third-order valence-electron chi connectivity index (χ3n) is 17.0. The van der Waals surface area contributed by atoms with Crippen LogP contribution in [0.25, 0.3) is 0 Å². The zero-order chi connectivity index (χ0) is 37.2. The summed E-state index contributed by atoms with van der Waals surface area (Å²) in [6.45, 7) is 10.9. The lowest BCUT2D eigenvalue weighted by molar-refractivity contribution is -0.214. The van der Waals surface area contributed by atoms with E-state index in [0.29, 0.717) is 12.1 Å². The van der Waals surface area contributed by atoms with Crippen molar-refractivity contribution in [3.63, 3.8) is 0 Å². The third-order valence-corrected chi connectivity index (χ3v) is 17.0. The number of allylic oxidation sites excluding steroid dienone is 2. The summed E-state index contributed by atoms with van der Waals surface area (Å²) >= 11 is 0. The van der Waals surface area contributed by atoms with E-state index < -0.39 is 5.60 Å². The minimum absolute atomic E-state index is 0.0136. The van der Waals surface area contributed by atoms with E-state index in [0.717, 1.165) is 67.7 Å². The molecule has 12 aliphatic rings. The first-order valence-electron chi connectivity index (χ1n) is 21.5. The Kier molecular flexibility index (Phi) is 6.85. The molecule has 288 valence electrons. The van der Waals surface area contributed by atoms with E-state index in [2.05, 4.69) is 72.2 Å². The van der Waals surface area contributed by atoms with Gasteiger partial charge in [0.2, 0.25) is 0 Å². The van der Waals surface area contributed by atoms with Gasteiger partial charge in [-0.05, 0) is 131 Å². The molecule has 7 heteroatoms. The minimum atomic E-state index is -0.656. The molecule has 2 aromatic rings. The highest BCUT2D eigenvalue weighted by molar-refractivity contribution is 5.82. The Morgan fingerprint density at radius 1 is 0.836 bits per heavy atom. The van der Waals surface area contributed by atoms with Crippen LogP contribution < -0.4 is 9.47 Å². The summed E-state index contributed by atoms with van der Waals surface area (Å²) in [5.74, 6) is 5.13. The first-order chi connectivity index (χ1) is 26.7. The summed E-state index contributed by atoms with van der Waals surface area (Å²) in [5.41, 5.74) is 9.24. The monoisotopic (exact) mass is 740 g/mol. The lowest BCUT2D eigenvalue weighted by Gasteiger charge is -2.71. The van der Waals surface area contributed by atoms with Crippen LogP contribution in [-0.4, -0.2) is 85.9 Å². The number of hydrogen-bond donors (Lipinski definition) is 0. The summed E-state index contributed by atoms with van der Waals surface area (Å²) in [7, 11) is 3.56. The smallest absolute Gasteiger partial charge is 0.169 e. The van der Waals surface area contributed by atoms with E-state index in [-0.39, 0.29) is 40.2 Å². The lowest BCUT2D eigenvalue weighted by Crippen LogP contribution is -2.79. The Balaban J connectivity index is 0.000000124. The molecule has 14 rings (SSSR count). The maximum atomic E-state index is 13.0. The summed E-state index contributed by atoms with van der Waals surface area (Å²) in [5, 5.41) is 0. The number of carbonyl (C=O) groups excluding carboxylic acids is 1. The van der Waals surface area contributed by atoms with Crippen molar-refractivity contribution in [2.24, 2.45) is 23.2 Å². The van der Waals surface area contributed by atoms with Crippen molar-refractivity contribution in [2.75, 3.05) is 40.4 Å². The quantitative estimate of drug-likeness (QED) is 0.281. The highest BCUT2D eigenvalue weighted by Crippen LogP contribution is 2.74. The van der Waals surface area contributed by atoms with Crippen LogP contribution in [0.1, 0.15) is 85.3 Å². The maximum absolute atomic E-state index is 13.0. The lowest BCUT2D eigenvalue weighted by atomic mass is 9.37. The predicted molar refractivity (Wildman–Crippen MR) is 211 cm³/mol. The van der Waals surface area contributed by atoms with Gasteiger partial charge in [0.1, 0.15) is 34.7 Å². The molecular weight excluding hydrogens is 685 g/mol. The molecule has 0 radical (unpaired) electrons. The van der Waals surface area contributed by atoms with Crippen LogP contribution in [0, 0.1) is 37.0 Å². The number of hydrogen-bond acceptors (Lipinski definition) is 7. The molecule has 4 heterocycles. The number of ketones is 1. The van der Waals surface area contributed by atoms with Crippen molar-refractivity contribution in [3.05, 3.63) is 93.3 Å². The van der Waals surface area contributed by atoms with E-state index >= 15 is 0 Å². The summed E-state index contributed by atoms with van der Waals surface area (Å²) in [4.78, 5) is 18.5. The van der Waals surface area contributed by atoms with Gasteiger partial charge in [-0.2, -0.15) is 0 Å². The molecule has 55 heavy (non-hydrogen) atoms. The van der Waals surface area contributed by atoms with Crippen molar-refractivity contribution in [1.29, 1.82) is 0 Å². The van der Waals surface area contributed by atoms with E-state index in [1.165, 1.54) is 78.7 Å². The summed E-state index contributed by atoms with van der Waals surface area (Å²) < 4.78 is 25.5. The molecule has 3 spiro atoms. The first-order valence-corrected chi connectivity index (χ1v) is 21.5. The van der Waals surface area contributed by atoms with Gasteiger partial charge in [0.15, 0.2) is 6.10 Å². The van der Waals surface area contributed by atoms with Crippen LogP contribution in [0.2, 0.25) is 0 Å². The second-order valence-electron chi connectivity index (χ2n) is 19.4. The number of fused-ring (bicyclic) bond motifs is 1. The van der Waals surface area contributed by atoms with Crippen molar-refractivity contribution in [3.8, 4) is 11.5 Å². The molecule has 7 nitrogen and oxygen atoms in total. The van der Waals surface area contributed by atoms with Gasteiger partial charge in [0.05, 0.1) is 23.9 Å². The highest BCUT2D eigenvalue weighted by Gasteiger charge is 2.79. The molecule has 0 aromatic heterocycles. The highest BCUT2D eigenvalue weighted by atomic mass is 16.6. The van der Waals surface area contributed by atoms with Crippen LogP contribution in [0.15, 0.2) is 59.9 Å². The number of carbonyl (C=O) groups is 1. The summed E-state index contributed by atoms with van der Waals surface area (Å²) in [6.07, 6.45) is 20.1. The Morgan fingerprint density at radius 3 is 2.22 bits per heavy atom. The molecule has 3 saturated carbocycles. The SMILES string of the molecule is COC1=CC=C2[C@H]3Cc4ccc(C)c5c4[C@@]2(CCN3CC2CC2)[C@H]1O5.CO[C@]12C=C[C@@]3(C[C@@H]1C(C)=O)[C@H]1Cc4ccc(C)c5c4[C@@]3(CCN1CC1CC1)[C@H]2O5. The van der Waals surface area contributed by atoms with Gasteiger partial charge in [-0.1, -0.05) is 42.5 Å². The van der Waals surface area contributed by atoms with Crippen LogP contribution in [0.4, 0.5) is 0 Å². The Labute approximate surface area is 326 Å². The van der Waals surface area contributed by atoms with Gasteiger partial charge in [0, 0.05) is 55.4 Å². The molecule has 6 bridgehead atoms. The van der Waals surface area contributed by atoms with Gasteiger partial charge >= 0.3 is 0 Å². The van der Waals surface area contributed by atoms with Crippen LogP contribution >= 0.6 is 0 Å². The number of ether oxygens (including phenoxy) is 4. The van der Waals surface area contributed by atoms with E-state index in [4.69, 9.17) is 18.9 Å². The zero-order valence-electron chi connectivity index (χ0n) is 33.3. The fourth-order valence-corrected chi connectivity index (χ4v) is 14.2. The van der Waals surface area contributed by atoms with Crippen LogP contribution in [0.5, 0.6) is 11.5 Å². The van der Waals surface area contributed by atoms with Crippen LogP contribution in [0.3, 0.4) is 0 Å². The first kappa shape index (κ1) is 33.7. The Bertz CT molecular complexity index is 2150. The topological polar surface area (TPSA) is 60.5 Å². The second-order valence-corrected chi connectivity index (χ2v) is 19.4. The average Bonchev–Trinajstić information content (AvgIpc) is 4.12. The molecule has 0 unspecified atom stereocenters.